The number of aromatic nitrogens is 1. The van der Waals surface area contributed by atoms with Gasteiger partial charge >= 0.3 is 5.25 Å². The maximum atomic E-state index is 14.8. The molecule has 0 spiro atoms. The van der Waals surface area contributed by atoms with Crippen molar-refractivity contribution in [2.45, 2.75) is 16.7 Å². The first-order chi connectivity index (χ1) is 11.4. The summed E-state index contributed by atoms with van der Waals surface area (Å²) < 4.78 is 55.7. The lowest BCUT2D eigenvalue weighted by atomic mass is 10.2. The Kier molecular flexibility index (Phi) is 4.24. The normalized spacial score (nSPS) is 12.2. The number of rotatable bonds is 5. The summed E-state index contributed by atoms with van der Waals surface area (Å²) in [6, 6.07) is 18.4. The Morgan fingerprint density at radius 3 is 2.04 bits per heavy atom. The molecule has 0 fully saturated rings. The van der Waals surface area contributed by atoms with Crippen LogP contribution >= 0.6 is 0 Å². The molecule has 0 N–H and O–H groups in total. The molecule has 3 rings (SSSR count). The molecule has 1 heterocycles. The van der Waals surface area contributed by atoms with Gasteiger partial charge in [0.2, 0.25) is 9.84 Å². The van der Waals surface area contributed by atoms with Crippen molar-refractivity contribution in [1.82, 2.24) is 4.57 Å². The second-order valence-corrected chi connectivity index (χ2v) is 7.33. The van der Waals surface area contributed by atoms with Crippen LogP contribution in [0.4, 0.5) is 8.78 Å². The van der Waals surface area contributed by atoms with Crippen LogP contribution in [0.15, 0.2) is 83.9 Å². The highest BCUT2D eigenvalue weighted by Gasteiger charge is 2.49. The van der Waals surface area contributed by atoms with E-state index in [0.29, 0.717) is 0 Å². The largest absolute Gasteiger partial charge is 0.389 e. The summed E-state index contributed by atoms with van der Waals surface area (Å²) in [5.41, 5.74) is 0.262. The lowest BCUT2D eigenvalue weighted by molar-refractivity contribution is 0.0817. The second-order valence-electron chi connectivity index (χ2n) is 5.34. The first-order valence-corrected chi connectivity index (χ1v) is 8.78. The molecule has 0 aliphatic heterocycles. The van der Waals surface area contributed by atoms with Crippen molar-refractivity contribution < 1.29 is 17.2 Å². The molecule has 0 radical (unpaired) electrons. The zero-order valence-corrected chi connectivity index (χ0v) is 13.5. The Morgan fingerprint density at radius 1 is 0.833 bits per heavy atom. The Labute approximate surface area is 139 Å². The van der Waals surface area contributed by atoms with Crippen molar-refractivity contribution in [3.63, 3.8) is 0 Å². The van der Waals surface area contributed by atoms with Crippen LogP contribution in [0.3, 0.4) is 0 Å². The predicted molar refractivity (Wildman–Crippen MR) is 87.5 cm³/mol. The van der Waals surface area contributed by atoms with E-state index >= 15 is 0 Å². The van der Waals surface area contributed by atoms with Gasteiger partial charge in [-0.3, -0.25) is 0 Å². The SMILES string of the molecule is O=S(=O)(c1ccccc1)C(F)(F)c1cccn1Cc1ccccc1. The number of nitrogens with zero attached hydrogens (tertiary/aromatic N) is 1. The molecular formula is C18H15F2NO2S. The minimum atomic E-state index is -4.83. The summed E-state index contributed by atoms with van der Waals surface area (Å²) in [6.07, 6.45) is 1.46. The van der Waals surface area contributed by atoms with Crippen LogP contribution in [0.25, 0.3) is 0 Å². The third-order valence-corrected chi connectivity index (χ3v) is 5.49. The fourth-order valence-electron chi connectivity index (χ4n) is 2.48. The molecule has 3 aromatic rings. The monoisotopic (exact) mass is 347 g/mol. The first-order valence-electron chi connectivity index (χ1n) is 7.30. The third-order valence-electron chi connectivity index (χ3n) is 3.71. The zero-order valence-electron chi connectivity index (χ0n) is 12.6. The topological polar surface area (TPSA) is 39.1 Å². The summed E-state index contributed by atoms with van der Waals surface area (Å²) in [5.74, 6) is 0. The average molecular weight is 347 g/mol. The molecule has 0 unspecified atom stereocenters. The Morgan fingerprint density at radius 2 is 1.42 bits per heavy atom. The number of benzene rings is 2. The van der Waals surface area contributed by atoms with E-state index in [1.165, 1.54) is 41.1 Å². The fraction of sp³-hybridized carbons (Fsp3) is 0.111. The number of alkyl halides is 2. The van der Waals surface area contributed by atoms with Gasteiger partial charge in [-0.25, -0.2) is 8.42 Å². The van der Waals surface area contributed by atoms with Gasteiger partial charge in [-0.2, -0.15) is 8.78 Å². The van der Waals surface area contributed by atoms with Crippen LogP contribution in [-0.4, -0.2) is 13.0 Å². The first kappa shape index (κ1) is 16.4. The maximum absolute atomic E-state index is 14.8. The minimum absolute atomic E-state index is 0.170. The van der Waals surface area contributed by atoms with Gasteiger partial charge in [0.15, 0.2) is 0 Å². The van der Waals surface area contributed by atoms with Gasteiger partial charge in [0.1, 0.15) is 5.69 Å². The van der Waals surface area contributed by atoms with E-state index in [1.54, 1.807) is 30.3 Å². The van der Waals surface area contributed by atoms with Gasteiger partial charge in [-0.05, 0) is 29.8 Å². The summed E-state index contributed by atoms with van der Waals surface area (Å²) in [6.45, 7) is 0.170. The van der Waals surface area contributed by atoms with Gasteiger partial charge in [0, 0.05) is 12.7 Å². The molecule has 124 valence electrons. The van der Waals surface area contributed by atoms with Gasteiger partial charge < -0.3 is 4.57 Å². The van der Waals surface area contributed by atoms with Gasteiger partial charge in [-0.1, -0.05) is 48.5 Å². The number of halogens is 2. The van der Waals surface area contributed by atoms with Crippen molar-refractivity contribution in [2.75, 3.05) is 0 Å². The molecule has 24 heavy (non-hydrogen) atoms. The van der Waals surface area contributed by atoms with Gasteiger partial charge in [-0.15, -0.1) is 0 Å². The lowest BCUT2D eigenvalue weighted by Gasteiger charge is -2.19. The fourth-order valence-corrected chi connectivity index (χ4v) is 3.75. The quantitative estimate of drug-likeness (QED) is 0.698. The van der Waals surface area contributed by atoms with Gasteiger partial charge in [0.25, 0.3) is 0 Å². The molecule has 2 aromatic carbocycles. The van der Waals surface area contributed by atoms with Crippen molar-refractivity contribution >= 4 is 9.84 Å². The molecule has 0 atom stereocenters. The van der Waals surface area contributed by atoms with E-state index < -0.39 is 25.7 Å². The highest BCUT2D eigenvalue weighted by molar-refractivity contribution is 7.92. The maximum Gasteiger partial charge on any atom is 0.389 e. The Hall–Kier alpha value is -2.47. The zero-order chi connectivity index (χ0) is 17.2. The predicted octanol–water partition coefficient (Wildman–Crippen LogP) is 4.06. The average Bonchev–Trinajstić information content (AvgIpc) is 3.05. The minimum Gasteiger partial charge on any atom is -0.341 e. The number of hydrogen-bond donors (Lipinski definition) is 0. The molecule has 0 saturated heterocycles. The molecule has 0 saturated carbocycles. The lowest BCUT2D eigenvalue weighted by Crippen LogP contribution is -2.29. The van der Waals surface area contributed by atoms with Crippen LogP contribution in [0.5, 0.6) is 0 Å². The van der Waals surface area contributed by atoms with E-state index in [-0.39, 0.29) is 6.54 Å². The van der Waals surface area contributed by atoms with Crippen LogP contribution in [0.1, 0.15) is 11.3 Å². The van der Waals surface area contributed by atoms with E-state index in [2.05, 4.69) is 0 Å². The molecular weight excluding hydrogens is 332 g/mol. The van der Waals surface area contributed by atoms with Crippen LogP contribution in [0, 0.1) is 0 Å². The summed E-state index contributed by atoms with van der Waals surface area (Å²) in [7, 11) is -4.83. The smallest absolute Gasteiger partial charge is 0.341 e. The molecule has 6 heteroatoms. The molecule has 0 aliphatic rings. The molecule has 1 aromatic heterocycles. The van der Waals surface area contributed by atoms with Crippen molar-refractivity contribution in [1.29, 1.82) is 0 Å². The van der Waals surface area contributed by atoms with Crippen LogP contribution < -0.4 is 0 Å². The molecule has 3 nitrogen and oxygen atoms in total. The summed E-state index contributed by atoms with van der Waals surface area (Å²) >= 11 is 0. The van der Waals surface area contributed by atoms with Crippen LogP contribution in [0.2, 0.25) is 0 Å². The summed E-state index contributed by atoms with van der Waals surface area (Å²) in [4.78, 5) is -0.400. The van der Waals surface area contributed by atoms with E-state index in [1.807, 2.05) is 6.07 Å². The number of sulfone groups is 1. The standard InChI is InChI=1S/C18H15F2NO2S/c19-18(20,24(22,23)16-10-5-2-6-11-16)17-12-7-13-21(17)14-15-8-3-1-4-9-15/h1-13H,14H2. The van der Waals surface area contributed by atoms with Crippen molar-refractivity contribution in [3.8, 4) is 0 Å². The summed E-state index contributed by atoms with van der Waals surface area (Å²) in [5, 5.41) is -4.02. The molecule has 0 aliphatic carbocycles. The third kappa shape index (κ3) is 2.85. The Bertz CT molecular complexity index is 920. The van der Waals surface area contributed by atoms with Crippen molar-refractivity contribution in [3.05, 3.63) is 90.3 Å². The molecule has 0 amide bonds. The Balaban J connectivity index is 2.01. The highest BCUT2D eigenvalue weighted by atomic mass is 32.2. The molecule has 0 bridgehead atoms. The van der Waals surface area contributed by atoms with E-state index in [9.17, 15) is 17.2 Å². The van der Waals surface area contributed by atoms with Crippen molar-refractivity contribution in [2.24, 2.45) is 0 Å². The van der Waals surface area contributed by atoms with Gasteiger partial charge in [0.05, 0.1) is 4.90 Å². The van der Waals surface area contributed by atoms with E-state index in [4.69, 9.17) is 0 Å². The van der Waals surface area contributed by atoms with Crippen LogP contribution in [-0.2, 0) is 21.6 Å². The second kappa shape index (κ2) is 6.20. The van der Waals surface area contributed by atoms with E-state index in [0.717, 1.165) is 11.6 Å². The number of hydrogen-bond acceptors (Lipinski definition) is 2. The highest BCUT2D eigenvalue weighted by Crippen LogP contribution is 2.38.